The Morgan fingerprint density at radius 2 is 2.22 bits per heavy atom. The summed E-state index contributed by atoms with van der Waals surface area (Å²) >= 11 is 0. The number of hydrogen-bond acceptors (Lipinski definition) is 5. The number of nitrogens with one attached hydrogen (secondary N) is 1. The molecule has 0 aliphatic heterocycles. The molecule has 0 aliphatic carbocycles. The Morgan fingerprint density at radius 3 is 2.91 bits per heavy atom. The molecule has 8 nitrogen and oxygen atoms in total. The lowest BCUT2D eigenvalue weighted by atomic mass is 10.2. The van der Waals surface area contributed by atoms with E-state index in [-0.39, 0.29) is 11.9 Å². The van der Waals surface area contributed by atoms with Crippen LogP contribution in [0.15, 0.2) is 12.5 Å². The van der Waals surface area contributed by atoms with E-state index in [1.54, 1.807) is 24.3 Å². The van der Waals surface area contributed by atoms with Crippen molar-refractivity contribution in [3.63, 3.8) is 0 Å². The van der Waals surface area contributed by atoms with Crippen LogP contribution in [0.1, 0.15) is 48.2 Å². The van der Waals surface area contributed by atoms with E-state index in [9.17, 15) is 4.79 Å². The summed E-state index contributed by atoms with van der Waals surface area (Å²) in [6.45, 7) is 7.81. The van der Waals surface area contributed by atoms with E-state index in [2.05, 4.69) is 27.5 Å². The molecule has 0 bridgehead atoms. The van der Waals surface area contributed by atoms with Crippen molar-refractivity contribution >= 4 is 5.91 Å². The molecule has 1 N–H and O–H groups in total. The highest BCUT2D eigenvalue weighted by molar-refractivity contribution is 5.95. The molecule has 2 rings (SSSR count). The maximum Gasteiger partial charge on any atom is 0.255 e. The summed E-state index contributed by atoms with van der Waals surface area (Å²) in [4.78, 5) is 12.5. The number of aryl methyl sites for hydroxylation is 2. The van der Waals surface area contributed by atoms with Gasteiger partial charge in [-0.1, -0.05) is 6.92 Å². The van der Waals surface area contributed by atoms with Gasteiger partial charge in [-0.25, -0.2) is 0 Å². The van der Waals surface area contributed by atoms with Crippen LogP contribution < -0.4 is 5.32 Å². The Kier molecular flexibility index (Phi) is 5.86. The monoisotopic (exact) mass is 320 g/mol. The van der Waals surface area contributed by atoms with Crippen molar-refractivity contribution in [2.45, 2.75) is 46.3 Å². The summed E-state index contributed by atoms with van der Waals surface area (Å²) in [7, 11) is 1.64. The molecule has 23 heavy (non-hydrogen) atoms. The maximum absolute atomic E-state index is 12.5. The van der Waals surface area contributed by atoms with Crippen molar-refractivity contribution < 1.29 is 9.53 Å². The Bertz CT molecular complexity index is 648. The lowest BCUT2D eigenvalue weighted by molar-refractivity contribution is 0.0936. The van der Waals surface area contributed by atoms with Crippen LogP contribution in [0.4, 0.5) is 0 Å². The SMILES string of the molecule is CCCn1cc(C(=O)N[C@H](C)c2nncn2CCOC)c(C)n1. The fourth-order valence-corrected chi connectivity index (χ4v) is 2.38. The van der Waals surface area contributed by atoms with E-state index in [1.165, 1.54) is 0 Å². The van der Waals surface area contributed by atoms with Gasteiger partial charge in [-0.3, -0.25) is 9.48 Å². The summed E-state index contributed by atoms with van der Waals surface area (Å²) in [5.41, 5.74) is 1.32. The minimum Gasteiger partial charge on any atom is -0.383 e. The van der Waals surface area contributed by atoms with E-state index in [4.69, 9.17) is 4.74 Å². The second kappa shape index (κ2) is 7.87. The molecule has 0 saturated carbocycles. The van der Waals surface area contributed by atoms with Crippen LogP contribution in [0.3, 0.4) is 0 Å². The largest absolute Gasteiger partial charge is 0.383 e. The Labute approximate surface area is 135 Å². The lowest BCUT2D eigenvalue weighted by Gasteiger charge is -2.14. The first-order valence-corrected chi connectivity index (χ1v) is 7.78. The molecule has 0 radical (unpaired) electrons. The number of carbonyl (C=O) groups is 1. The summed E-state index contributed by atoms with van der Waals surface area (Å²) in [5, 5.41) is 15.3. The first-order valence-electron chi connectivity index (χ1n) is 7.78. The van der Waals surface area contributed by atoms with Crippen molar-refractivity contribution in [2.75, 3.05) is 13.7 Å². The standard InChI is InChI=1S/C15H24N6O2/c1-5-6-21-9-13(11(2)19-21)15(22)17-12(3)14-18-16-10-20(14)7-8-23-4/h9-10,12H,5-8H2,1-4H3,(H,17,22)/t12-/m1/s1. The lowest BCUT2D eigenvalue weighted by Crippen LogP contribution is -2.29. The first kappa shape index (κ1) is 17.1. The molecule has 126 valence electrons. The Balaban J connectivity index is 2.06. The zero-order valence-corrected chi connectivity index (χ0v) is 14.1. The van der Waals surface area contributed by atoms with Crippen molar-refractivity contribution in [1.29, 1.82) is 0 Å². The van der Waals surface area contributed by atoms with Gasteiger partial charge in [0.1, 0.15) is 6.33 Å². The third-order valence-electron chi connectivity index (χ3n) is 3.56. The van der Waals surface area contributed by atoms with Crippen molar-refractivity contribution in [2.24, 2.45) is 0 Å². The molecule has 1 atom stereocenters. The molecular formula is C15H24N6O2. The number of aromatic nitrogens is 5. The van der Waals surface area contributed by atoms with Gasteiger partial charge in [0.2, 0.25) is 0 Å². The Morgan fingerprint density at radius 1 is 1.43 bits per heavy atom. The minimum absolute atomic E-state index is 0.154. The van der Waals surface area contributed by atoms with Gasteiger partial charge < -0.3 is 14.6 Å². The molecule has 0 unspecified atom stereocenters. The number of nitrogens with zero attached hydrogens (tertiary/aromatic N) is 5. The number of methoxy groups -OCH3 is 1. The molecule has 0 saturated heterocycles. The van der Waals surface area contributed by atoms with Gasteiger partial charge in [0, 0.05) is 26.4 Å². The zero-order valence-electron chi connectivity index (χ0n) is 14.1. The quantitative estimate of drug-likeness (QED) is 0.793. The van der Waals surface area contributed by atoms with E-state index >= 15 is 0 Å². The highest BCUT2D eigenvalue weighted by atomic mass is 16.5. The average molecular weight is 320 g/mol. The molecule has 2 aromatic rings. The van der Waals surface area contributed by atoms with E-state index < -0.39 is 0 Å². The minimum atomic E-state index is -0.254. The fraction of sp³-hybridized carbons (Fsp3) is 0.600. The van der Waals surface area contributed by atoms with Crippen molar-refractivity contribution in [3.8, 4) is 0 Å². The second-order valence-electron chi connectivity index (χ2n) is 5.46. The van der Waals surface area contributed by atoms with Crippen LogP contribution in [-0.2, 0) is 17.8 Å². The number of ether oxygens (including phenoxy) is 1. The topological polar surface area (TPSA) is 86.9 Å². The smallest absolute Gasteiger partial charge is 0.255 e. The van der Waals surface area contributed by atoms with Crippen molar-refractivity contribution in [3.05, 3.63) is 29.6 Å². The average Bonchev–Trinajstić information content (AvgIpc) is 3.12. The molecule has 8 heteroatoms. The van der Waals surface area contributed by atoms with Gasteiger partial charge in [0.15, 0.2) is 5.82 Å². The molecule has 0 aromatic carbocycles. The second-order valence-corrected chi connectivity index (χ2v) is 5.46. The predicted molar refractivity (Wildman–Crippen MR) is 85.0 cm³/mol. The van der Waals surface area contributed by atoms with Gasteiger partial charge in [-0.2, -0.15) is 5.10 Å². The van der Waals surface area contributed by atoms with Crippen LogP contribution in [0.25, 0.3) is 0 Å². The molecule has 0 aliphatic rings. The van der Waals surface area contributed by atoms with Gasteiger partial charge in [0.25, 0.3) is 5.91 Å². The van der Waals surface area contributed by atoms with E-state index in [1.807, 2.05) is 18.4 Å². The maximum atomic E-state index is 12.5. The summed E-state index contributed by atoms with van der Waals surface area (Å²) in [6.07, 6.45) is 4.40. The number of carbonyl (C=O) groups excluding carboxylic acids is 1. The molecular weight excluding hydrogens is 296 g/mol. The number of amides is 1. The van der Waals surface area contributed by atoms with Gasteiger partial charge in [-0.15, -0.1) is 10.2 Å². The highest BCUT2D eigenvalue weighted by Crippen LogP contribution is 2.12. The first-order chi connectivity index (χ1) is 11.1. The fourth-order valence-electron chi connectivity index (χ4n) is 2.38. The number of rotatable bonds is 8. The Hall–Kier alpha value is -2.22. The highest BCUT2D eigenvalue weighted by Gasteiger charge is 2.19. The van der Waals surface area contributed by atoms with Gasteiger partial charge in [-0.05, 0) is 20.3 Å². The molecule has 2 aromatic heterocycles. The van der Waals surface area contributed by atoms with E-state index in [0.29, 0.717) is 24.5 Å². The summed E-state index contributed by atoms with van der Waals surface area (Å²) in [5.74, 6) is 0.549. The zero-order chi connectivity index (χ0) is 16.8. The predicted octanol–water partition coefficient (Wildman–Crippen LogP) is 1.33. The summed E-state index contributed by atoms with van der Waals surface area (Å²) in [6, 6.07) is -0.254. The third-order valence-corrected chi connectivity index (χ3v) is 3.56. The molecule has 0 fully saturated rings. The summed E-state index contributed by atoms with van der Waals surface area (Å²) < 4.78 is 8.75. The van der Waals surface area contributed by atoms with Crippen LogP contribution in [-0.4, -0.2) is 44.2 Å². The third kappa shape index (κ3) is 4.16. The van der Waals surface area contributed by atoms with Crippen LogP contribution in [0.2, 0.25) is 0 Å². The number of hydrogen-bond donors (Lipinski definition) is 1. The van der Waals surface area contributed by atoms with Crippen LogP contribution in [0, 0.1) is 6.92 Å². The molecule has 1 amide bonds. The normalized spacial score (nSPS) is 12.3. The van der Waals surface area contributed by atoms with E-state index in [0.717, 1.165) is 18.7 Å². The molecule has 0 spiro atoms. The van der Waals surface area contributed by atoms with Gasteiger partial charge >= 0.3 is 0 Å². The van der Waals surface area contributed by atoms with Crippen LogP contribution in [0.5, 0.6) is 0 Å². The van der Waals surface area contributed by atoms with Crippen molar-refractivity contribution in [1.82, 2.24) is 29.9 Å². The van der Waals surface area contributed by atoms with Gasteiger partial charge in [0.05, 0.1) is 23.9 Å². The van der Waals surface area contributed by atoms with Crippen LogP contribution >= 0.6 is 0 Å². The molecule has 2 heterocycles.